The van der Waals surface area contributed by atoms with Gasteiger partial charge in [0.05, 0.1) is 50.3 Å². The summed E-state index contributed by atoms with van der Waals surface area (Å²) in [5, 5.41) is 4.38. The Labute approximate surface area is 495 Å². The molecule has 0 radical (unpaired) electrons. The van der Waals surface area contributed by atoms with Gasteiger partial charge >= 0.3 is 0 Å². The largest absolute Gasteiger partial charge is 0.256 e. The molecule has 0 saturated heterocycles. The summed E-state index contributed by atoms with van der Waals surface area (Å²) in [6.45, 7) is 17.6. The molecule has 0 bridgehead atoms. The van der Waals surface area contributed by atoms with Crippen LogP contribution in [0.2, 0.25) is 0 Å². The van der Waals surface area contributed by atoms with Gasteiger partial charge in [0.25, 0.3) is 0 Å². The van der Waals surface area contributed by atoms with Gasteiger partial charge in [-0.05, 0) is 217 Å². The molecule has 0 aliphatic heterocycles. The fourth-order valence-electron chi connectivity index (χ4n) is 14.0. The highest BCUT2D eigenvalue weighted by Crippen LogP contribution is 2.60. The average Bonchev–Trinajstić information content (AvgIpc) is 1.66. The molecule has 14 aromatic rings. The van der Waals surface area contributed by atoms with Gasteiger partial charge in [-0.2, -0.15) is 0 Å². The summed E-state index contributed by atoms with van der Waals surface area (Å²) in [7, 11) is 0. The van der Waals surface area contributed by atoms with Crippen molar-refractivity contribution in [3.63, 3.8) is 0 Å². The molecule has 6 nitrogen and oxygen atoms in total. The summed E-state index contributed by atoms with van der Waals surface area (Å²) in [5.41, 5.74) is 31.3. The highest BCUT2D eigenvalue weighted by atomic mass is 14.8. The van der Waals surface area contributed by atoms with Gasteiger partial charge in [0.1, 0.15) is 0 Å². The predicted molar refractivity (Wildman–Crippen MR) is 351 cm³/mol. The minimum absolute atomic E-state index is 0.844. The van der Waals surface area contributed by atoms with Crippen molar-refractivity contribution in [2.45, 2.75) is 60.8 Å². The number of rotatable bonds is 8. The van der Waals surface area contributed by atoms with Crippen molar-refractivity contribution < 1.29 is 0 Å². The van der Waals surface area contributed by atoms with E-state index in [1.165, 1.54) is 44.5 Å². The Morgan fingerprint density at radius 3 is 1.06 bits per heavy atom. The SMILES string of the molecule is Cc1cc(C)c2ccc3c(-c4ccccc4)cc(-c4cc(C)c(C5(c6cc(C)c(-c7cc(-c8ccccc8)c8ccc9c(C)cc(C)nc9c8n7)cc6C)c6cc(-c7ccccn7)ccc6-c6ccc(-c7ccccn7)cc65)cc4C)nc3c2n1. The summed E-state index contributed by atoms with van der Waals surface area (Å²) < 4.78 is 0. The molecular weight excluding hydrogens is 1030 g/mol. The normalized spacial score (nSPS) is 12.6. The van der Waals surface area contributed by atoms with Crippen molar-refractivity contribution >= 4 is 43.6 Å². The van der Waals surface area contributed by atoms with Crippen LogP contribution in [0, 0.1) is 55.4 Å². The number of aryl methyl sites for hydroxylation is 8. The molecule has 0 amide bonds. The zero-order valence-corrected chi connectivity index (χ0v) is 49.0. The van der Waals surface area contributed by atoms with Crippen LogP contribution in [0.5, 0.6) is 0 Å². The first-order valence-electron chi connectivity index (χ1n) is 29.3. The van der Waals surface area contributed by atoms with Crippen LogP contribution in [0.4, 0.5) is 0 Å². The number of hydrogen-bond donors (Lipinski definition) is 0. The molecule has 6 aromatic heterocycles. The minimum Gasteiger partial charge on any atom is -0.256 e. The summed E-state index contributed by atoms with van der Waals surface area (Å²) in [6.07, 6.45) is 3.78. The highest BCUT2D eigenvalue weighted by molar-refractivity contribution is 6.11. The Kier molecular flexibility index (Phi) is 12.1. The average molecular weight is 1090 g/mol. The van der Waals surface area contributed by atoms with Crippen LogP contribution >= 0.6 is 0 Å². The Hall–Kier alpha value is -10.3. The van der Waals surface area contributed by atoms with E-state index in [9.17, 15) is 0 Å². The lowest BCUT2D eigenvalue weighted by Gasteiger charge is -2.38. The fraction of sp³-hybridized carbons (Fsp3) is 0.114. The van der Waals surface area contributed by atoms with Crippen molar-refractivity contribution in [1.29, 1.82) is 0 Å². The van der Waals surface area contributed by atoms with Crippen molar-refractivity contribution in [3.05, 3.63) is 286 Å². The quantitative estimate of drug-likeness (QED) is 0.141. The van der Waals surface area contributed by atoms with E-state index in [0.717, 1.165) is 145 Å². The summed E-state index contributed by atoms with van der Waals surface area (Å²) in [4.78, 5) is 31.6. The molecule has 6 heterocycles. The van der Waals surface area contributed by atoms with Crippen molar-refractivity contribution in [2.75, 3.05) is 0 Å². The van der Waals surface area contributed by atoms with Gasteiger partial charge in [-0.25, -0.2) is 9.97 Å². The van der Waals surface area contributed by atoms with Gasteiger partial charge in [0, 0.05) is 67.6 Å². The Balaban J connectivity index is 1.02. The minimum atomic E-state index is -0.844. The number of hydrogen-bond acceptors (Lipinski definition) is 6. The number of aromatic nitrogens is 6. The van der Waals surface area contributed by atoms with E-state index < -0.39 is 5.41 Å². The standard InChI is InChI=1S/C79H60N6/c1-45-35-51(7)82-75-57(45)29-31-61-65(53-19-11-9-12-20-53)43-73(84-77(61)75)63-37-49(5)67(39-47(63)3)79(69-41-55(71-23-15-17-33-80-71)25-27-59(69)60-28-26-56(42-70(60)79)72-24-16-18-34-81-72)68-40-48(4)64(38-50(68)6)74-44-66(54-21-13-10-14-22-54)62-32-30-58-46(2)36-52(8)83-76(58)78(62)85-74/h9-44H,1-8H3. The first-order valence-corrected chi connectivity index (χ1v) is 29.3. The number of nitrogens with zero attached hydrogens (tertiary/aromatic N) is 6. The molecule has 0 unspecified atom stereocenters. The molecule has 6 heteroatoms. The van der Waals surface area contributed by atoms with Crippen LogP contribution in [0.25, 0.3) is 122 Å². The molecule has 15 rings (SSSR count). The molecule has 1 aliphatic carbocycles. The maximum absolute atomic E-state index is 5.66. The van der Waals surface area contributed by atoms with E-state index in [-0.39, 0.29) is 0 Å². The van der Waals surface area contributed by atoms with Crippen molar-refractivity contribution in [2.24, 2.45) is 0 Å². The summed E-state index contributed by atoms with van der Waals surface area (Å²) >= 11 is 0. The monoisotopic (exact) mass is 1090 g/mol. The third-order valence-electron chi connectivity index (χ3n) is 17.9. The number of pyridine rings is 6. The van der Waals surface area contributed by atoms with Gasteiger partial charge in [-0.3, -0.25) is 19.9 Å². The van der Waals surface area contributed by atoms with Crippen LogP contribution in [0.1, 0.15) is 67.0 Å². The van der Waals surface area contributed by atoms with E-state index in [2.05, 4.69) is 250 Å². The first kappa shape index (κ1) is 51.6. The summed E-state index contributed by atoms with van der Waals surface area (Å²) in [5.74, 6) is 0. The Morgan fingerprint density at radius 2 is 0.647 bits per heavy atom. The molecule has 0 fully saturated rings. The Morgan fingerprint density at radius 1 is 0.247 bits per heavy atom. The zero-order valence-electron chi connectivity index (χ0n) is 49.0. The van der Waals surface area contributed by atoms with Gasteiger partial charge in [-0.15, -0.1) is 0 Å². The van der Waals surface area contributed by atoms with Gasteiger partial charge in [0.15, 0.2) is 0 Å². The highest BCUT2D eigenvalue weighted by Gasteiger charge is 2.48. The fourth-order valence-corrected chi connectivity index (χ4v) is 14.0. The smallest absolute Gasteiger partial charge is 0.0978 e. The molecule has 406 valence electrons. The second-order valence-corrected chi connectivity index (χ2v) is 23.4. The predicted octanol–water partition coefficient (Wildman–Crippen LogP) is 19.5. The topological polar surface area (TPSA) is 77.3 Å². The van der Waals surface area contributed by atoms with Crippen LogP contribution in [0.15, 0.2) is 219 Å². The maximum Gasteiger partial charge on any atom is 0.0978 e. The third kappa shape index (κ3) is 8.30. The van der Waals surface area contributed by atoms with Gasteiger partial charge < -0.3 is 0 Å². The first-order chi connectivity index (χ1) is 41.4. The maximum atomic E-state index is 5.66. The molecule has 0 spiro atoms. The lowest BCUT2D eigenvalue weighted by molar-refractivity contribution is 0.752. The molecule has 1 aliphatic rings. The molecule has 0 atom stereocenters. The zero-order chi connectivity index (χ0) is 57.8. The van der Waals surface area contributed by atoms with Gasteiger partial charge in [0.2, 0.25) is 0 Å². The van der Waals surface area contributed by atoms with E-state index in [4.69, 9.17) is 29.9 Å². The number of fused-ring (bicyclic) bond motifs is 9. The molecular formula is C79H60N6. The van der Waals surface area contributed by atoms with Crippen LogP contribution < -0.4 is 0 Å². The number of benzene rings is 8. The van der Waals surface area contributed by atoms with Gasteiger partial charge in [-0.1, -0.05) is 133 Å². The Bertz CT molecular complexity index is 4750. The molecule has 8 aromatic carbocycles. The lowest BCUT2D eigenvalue weighted by atomic mass is 9.64. The van der Waals surface area contributed by atoms with Crippen LogP contribution in [-0.2, 0) is 5.41 Å². The second kappa shape index (κ2) is 20.0. The summed E-state index contributed by atoms with van der Waals surface area (Å²) in [6, 6.07) is 75.3. The molecule has 0 saturated carbocycles. The molecule has 85 heavy (non-hydrogen) atoms. The van der Waals surface area contributed by atoms with Crippen LogP contribution in [-0.4, -0.2) is 29.9 Å². The van der Waals surface area contributed by atoms with Crippen molar-refractivity contribution in [3.8, 4) is 78.4 Å². The van der Waals surface area contributed by atoms with E-state index in [1.54, 1.807) is 0 Å². The van der Waals surface area contributed by atoms with Crippen molar-refractivity contribution in [1.82, 2.24) is 29.9 Å². The van der Waals surface area contributed by atoms with Crippen LogP contribution in [0.3, 0.4) is 0 Å². The van der Waals surface area contributed by atoms with E-state index in [0.29, 0.717) is 0 Å². The van der Waals surface area contributed by atoms with E-state index in [1.807, 2.05) is 24.5 Å². The second-order valence-electron chi connectivity index (χ2n) is 23.4. The molecule has 0 N–H and O–H groups in total. The lowest BCUT2D eigenvalue weighted by Crippen LogP contribution is -2.31. The van der Waals surface area contributed by atoms with E-state index >= 15 is 0 Å². The third-order valence-corrected chi connectivity index (χ3v) is 17.9.